The summed E-state index contributed by atoms with van der Waals surface area (Å²) >= 11 is 1.73. The van der Waals surface area contributed by atoms with Crippen LogP contribution in [-0.4, -0.2) is 42.1 Å². The van der Waals surface area contributed by atoms with Crippen LogP contribution in [0, 0.1) is 0 Å². The van der Waals surface area contributed by atoms with Gasteiger partial charge in [0.25, 0.3) is 0 Å². The Morgan fingerprint density at radius 1 is 1.21 bits per heavy atom. The minimum absolute atomic E-state index is 0.120. The minimum atomic E-state index is 0.120. The third-order valence-electron chi connectivity index (χ3n) is 4.59. The van der Waals surface area contributed by atoms with Gasteiger partial charge >= 0.3 is 0 Å². The Morgan fingerprint density at radius 2 is 1.96 bits per heavy atom. The highest BCUT2D eigenvalue weighted by molar-refractivity contribution is 7.09. The van der Waals surface area contributed by atoms with Crippen LogP contribution >= 0.6 is 11.3 Å². The van der Waals surface area contributed by atoms with E-state index in [0.29, 0.717) is 24.8 Å². The zero-order valence-electron chi connectivity index (χ0n) is 13.8. The number of rotatable bonds is 6. The van der Waals surface area contributed by atoms with Crippen molar-refractivity contribution in [3.63, 3.8) is 0 Å². The van der Waals surface area contributed by atoms with Gasteiger partial charge in [-0.15, -0.1) is 11.3 Å². The molecule has 128 valence electrons. The van der Waals surface area contributed by atoms with Crippen LogP contribution < -0.4 is 5.32 Å². The molecule has 0 radical (unpaired) electrons. The molecule has 24 heavy (non-hydrogen) atoms. The zero-order valence-corrected chi connectivity index (χ0v) is 14.6. The van der Waals surface area contributed by atoms with Crippen molar-refractivity contribution in [1.82, 2.24) is 10.2 Å². The molecule has 1 aromatic heterocycles. The second kappa shape index (κ2) is 8.31. The predicted octanol–water partition coefficient (Wildman–Crippen LogP) is 2.99. The summed E-state index contributed by atoms with van der Waals surface area (Å²) in [5.74, 6) is 0.966. The Labute approximate surface area is 147 Å². The lowest BCUT2D eigenvalue weighted by Gasteiger charge is -2.31. The van der Waals surface area contributed by atoms with Crippen LogP contribution in [0.25, 0.3) is 0 Å². The van der Waals surface area contributed by atoms with Crippen molar-refractivity contribution in [3.05, 3.63) is 52.2 Å². The van der Waals surface area contributed by atoms with Crippen molar-refractivity contribution < 1.29 is 9.90 Å². The maximum absolute atomic E-state index is 12.1. The highest BCUT2D eigenvalue weighted by Gasteiger charge is 2.21. The van der Waals surface area contributed by atoms with Gasteiger partial charge in [0.05, 0.1) is 6.54 Å². The number of benzene rings is 1. The van der Waals surface area contributed by atoms with Crippen molar-refractivity contribution in [3.8, 4) is 5.75 Å². The maximum atomic E-state index is 12.1. The molecule has 0 saturated carbocycles. The van der Waals surface area contributed by atoms with E-state index in [-0.39, 0.29) is 5.91 Å². The number of likely N-dealkylation sites (tertiary alicyclic amines) is 1. The predicted molar refractivity (Wildman–Crippen MR) is 97.6 cm³/mol. The van der Waals surface area contributed by atoms with Gasteiger partial charge in [-0.3, -0.25) is 9.69 Å². The number of phenols is 1. The Hall–Kier alpha value is -1.85. The van der Waals surface area contributed by atoms with Gasteiger partial charge in [0, 0.05) is 11.4 Å². The normalized spacial score (nSPS) is 16.2. The number of nitrogens with one attached hydrogen (secondary N) is 1. The first-order valence-electron chi connectivity index (χ1n) is 8.51. The summed E-state index contributed by atoms with van der Waals surface area (Å²) < 4.78 is 0. The van der Waals surface area contributed by atoms with Crippen molar-refractivity contribution >= 4 is 17.2 Å². The molecule has 4 nitrogen and oxygen atoms in total. The zero-order chi connectivity index (χ0) is 16.8. The van der Waals surface area contributed by atoms with E-state index in [0.717, 1.165) is 32.4 Å². The lowest BCUT2D eigenvalue weighted by molar-refractivity contribution is -0.122. The second-order valence-electron chi connectivity index (χ2n) is 6.32. The molecule has 0 spiro atoms. The number of aromatic hydroxyl groups is 1. The number of phenolic OH excluding ortho intramolecular Hbond substituents is 1. The molecular formula is C19H24N2O2S. The molecule has 0 unspecified atom stereocenters. The molecule has 1 aromatic carbocycles. The van der Waals surface area contributed by atoms with Gasteiger partial charge in [-0.2, -0.15) is 0 Å². The van der Waals surface area contributed by atoms with Gasteiger partial charge in [0.1, 0.15) is 5.75 Å². The number of thiophene rings is 1. The second-order valence-corrected chi connectivity index (χ2v) is 7.35. The van der Waals surface area contributed by atoms with E-state index in [9.17, 15) is 9.90 Å². The molecule has 2 aromatic rings. The summed E-state index contributed by atoms with van der Waals surface area (Å²) in [5.41, 5.74) is 1.29. The third kappa shape index (κ3) is 4.82. The molecule has 0 aliphatic carbocycles. The number of carbonyl (C=O) groups excluding carboxylic acids is 1. The molecule has 3 rings (SSSR count). The quantitative estimate of drug-likeness (QED) is 0.847. The lowest BCUT2D eigenvalue weighted by Crippen LogP contribution is -2.41. The van der Waals surface area contributed by atoms with Crippen LogP contribution in [0.5, 0.6) is 5.75 Å². The number of nitrogens with zero attached hydrogens (tertiary/aromatic N) is 1. The topological polar surface area (TPSA) is 52.6 Å². The van der Waals surface area contributed by atoms with Crippen LogP contribution in [0.4, 0.5) is 0 Å². The minimum Gasteiger partial charge on any atom is -0.508 e. The van der Waals surface area contributed by atoms with Crippen LogP contribution in [-0.2, 0) is 11.2 Å². The molecule has 0 atom stereocenters. The number of hydrogen-bond acceptors (Lipinski definition) is 4. The fourth-order valence-corrected chi connectivity index (χ4v) is 3.92. The first kappa shape index (κ1) is 17.0. The van der Waals surface area contributed by atoms with E-state index in [1.54, 1.807) is 23.5 Å². The van der Waals surface area contributed by atoms with E-state index >= 15 is 0 Å². The van der Waals surface area contributed by atoms with Crippen molar-refractivity contribution in [2.75, 3.05) is 26.2 Å². The van der Waals surface area contributed by atoms with Crippen molar-refractivity contribution in [2.45, 2.75) is 25.2 Å². The largest absolute Gasteiger partial charge is 0.508 e. The average Bonchev–Trinajstić information content (AvgIpc) is 3.10. The monoisotopic (exact) mass is 344 g/mol. The van der Waals surface area contributed by atoms with Gasteiger partial charge in [0.15, 0.2) is 0 Å². The first-order valence-corrected chi connectivity index (χ1v) is 9.39. The van der Waals surface area contributed by atoms with Crippen molar-refractivity contribution in [2.24, 2.45) is 0 Å². The number of piperidine rings is 1. The summed E-state index contributed by atoms with van der Waals surface area (Å²) in [5, 5.41) is 14.5. The highest BCUT2D eigenvalue weighted by atomic mass is 32.1. The highest BCUT2D eigenvalue weighted by Crippen LogP contribution is 2.28. The summed E-state index contributed by atoms with van der Waals surface area (Å²) in [6.45, 7) is 3.10. The molecule has 5 heteroatoms. The summed E-state index contributed by atoms with van der Waals surface area (Å²) in [4.78, 5) is 15.6. The van der Waals surface area contributed by atoms with E-state index in [1.165, 1.54) is 10.4 Å². The Balaban J connectivity index is 1.37. The Morgan fingerprint density at radius 3 is 2.62 bits per heavy atom. The van der Waals surface area contributed by atoms with E-state index < -0.39 is 0 Å². The van der Waals surface area contributed by atoms with E-state index in [1.807, 2.05) is 18.2 Å². The van der Waals surface area contributed by atoms with Crippen LogP contribution in [0.2, 0.25) is 0 Å². The molecule has 1 aliphatic heterocycles. The van der Waals surface area contributed by atoms with Crippen LogP contribution in [0.3, 0.4) is 0 Å². The molecule has 1 fully saturated rings. The van der Waals surface area contributed by atoms with E-state index in [4.69, 9.17) is 0 Å². The molecule has 2 N–H and O–H groups in total. The van der Waals surface area contributed by atoms with Gasteiger partial charge < -0.3 is 10.4 Å². The standard InChI is InChI=1S/C19H24N2O2S/c22-17-5-3-15(4-6-17)16-8-11-21(12-9-16)14-19(23)20-10-7-18-2-1-13-24-18/h1-6,13,16,22H,7-12,14H2,(H,20,23). The van der Waals surface area contributed by atoms with Gasteiger partial charge in [0.2, 0.25) is 5.91 Å². The summed E-state index contributed by atoms with van der Waals surface area (Å²) in [7, 11) is 0. The Kier molecular flexibility index (Phi) is 5.88. The molecule has 1 aliphatic rings. The van der Waals surface area contributed by atoms with Gasteiger partial charge in [-0.25, -0.2) is 0 Å². The fraction of sp³-hybridized carbons (Fsp3) is 0.421. The van der Waals surface area contributed by atoms with E-state index in [2.05, 4.69) is 21.7 Å². The Bertz CT molecular complexity index is 632. The first-order chi connectivity index (χ1) is 11.7. The fourth-order valence-electron chi connectivity index (χ4n) is 3.21. The van der Waals surface area contributed by atoms with Gasteiger partial charge in [-0.05, 0) is 67.4 Å². The van der Waals surface area contributed by atoms with Gasteiger partial charge in [-0.1, -0.05) is 18.2 Å². The van der Waals surface area contributed by atoms with Crippen LogP contribution in [0.1, 0.15) is 29.2 Å². The number of carbonyl (C=O) groups is 1. The number of hydrogen-bond donors (Lipinski definition) is 2. The molecule has 1 amide bonds. The average molecular weight is 344 g/mol. The number of amides is 1. The molecule has 2 heterocycles. The molecule has 1 saturated heterocycles. The van der Waals surface area contributed by atoms with Crippen molar-refractivity contribution in [1.29, 1.82) is 0 Å². The molecular weight excluding hydrogens is 320 g/mol. The molecule has 0 bridgehead atoms. The summed E-state index contributed by atoms with van der Waals surface area (Å²) in [6.07, 6.45) is 3.03. The smallest absolute Gasteiger partial charge is 0.234 e. The summed E-state index contributed by atoms with van der Waals surface area (Å²) in [6, 6.07) is 11.7. The SMILES string of the molecule is O=C(CN1CCC(c2ccc(O)cc2)CC1)NCCc1cccs1. The maximum Gasteiger partial charge on any atom is 0.234 e. The lowest BCUT2D eigenvalue weighted by atomic mass is 9.89. The third-order valence-corrected chi connectivity index (χ3v) is 5.53. The van der Waals surface area contributed by atoms with Crippen LogP contribution in [0.15, 0.2) is 41.8 Å².